The quantitative estimate of drug-likeness (QED) is 0.842. The van der Waals surface area contributed by atoms with E-state index in [2.05, 4.69) is 27.2 Å². The summed E-state index contributed by atoms with van der Waals surface area (Å²) in [7, 11) is 0. The van der Waals surface area contributed by atoms with Gasteiger partial charge in [-0.05, 0) is 28.4 Å². The summed E-state index contributed by atoms with van der Waals surface area (Å²) in [5.41, 5.74) is 0.649. The highest BCUT2D eigenvalue weighted by atomic mass is 79.9. The van der Waals surface area contributed by atoms with E-state index in [1.54, 1.807) is 11.4 Å². The van der Waals surface area contributed by atoms with Gasteiger partial charge >= 0.3 is 0 Å². The van der Waals surface area contributed by atoms with Crippen LogP contribution in [0.2, 0.25) is 0 Å². The van der Waals surface area contributed by atoms with Crippen molar-refractivity contribution in [3.63, 3.8) is 0 Å². The van der Waals surface area contributed by atoms with Crippen LogP contribution in [-0.4, -0.2) is 11.9 Å². The first-order valence-electron chi connectivity index (χ1n) is 4.18. The van der Waals surface area contributed by atoms with Crippen molar-refractivity contribution in [2.24, 2.45) is 0 Å². The molecule has 14 heavy (non-hydrogen) atoms. The molecule has 0 fully saturated rings. The van der Waals surface area contributed by atoms with Crippen LogP contribution in [0.3, 0.4) is 0 Å². The Bertz CT molecular complexity index is 366. The van der Waals surface area contributed by atoms with Gasteiger partial charge in [0.1, 0.15) is 0 Å². The average molecular weight is 272 g/mol. The Morgan fingerprint density at radius 1 is 1.86 bits per heavy atom. The van der Waals surface area contributed by atoms with E-state index in [0.29, 0.717) is 5.56 Å². The van der Waals surface area contributed by atoms with E-state index < -0.39 is 0 Å². The molecule has 0 saturated carbocycles. The Hall–Kier alpha value is -0.790. The summed E-state index contributed by atoms with van der Waals surface area (Å²) in [5, 5.41) is 4.55. The molecule has 74 valence electrons. The molecule has 0 aromatic carbocycles. The maximum Gasteiger partial charge on any atom is 0.253 e. The minimum absolute atomic E-state index is 0.114. The normalized spacial score (nSPS) is 11.8. The summed E-state index contributed by atoms with van der Waals surface area (Å²) in [6.07, 6.45) is 5.99. The molecule has 1 N–H and O–H groups in total. The highest BCUT2D eigenvalue weighted by Gasteiger charge is 2.10. The SMILES string of the molecule is C#CC(CC)NC(=O)c1csc(Br)c1. The van der Waals surface area contributed by atoms with Gasteiger partial charge in [0.15, 0.2) is 0 Å². The van der Waals surface area contributed by atoms with E-state index in [0.717, 1.165) is 10.2 Å². The summed E-state index contributed by atoms with van der Waals surface area (Å²) in [6.45, 7) is 1.94. The summed E-state index contributed by atoms with van der Waals surface area (Å²) in [5.74, 6) is 2.40. The van der Waals surface area contributed by atoms with Gasteiger partial charge in [0.2, 0.25) is 0 Å². The maximum absolute atomic E-state index is 11.6. The van der Waals surface area contributed by atoms with Gasteiger partial charge in [-0.25, -0.2) is 0 Å². The van der Waals surface area contributed by atoms with E-state index in [1.807, 2.05) is 6.92 Å². The smallest absolute Gasteiger partial charge is 0.253 e. The van der Waals surface area contributed by atoms with Crippen molar-refractivity contribution in [1.29, 1.82) is 0 Å². The van der Waals surface area contributed by atoms with Gasteiger partial charge in [-0.15, -0.1) is 17.8 Å². The van der Waals surface area contributed by atoms with Crippen molar-refractivity contribution in [2.45, 2.75) is 19.4 Å². The zero-order chi connectivity index (χ0) is 10.6. The van der Waals surface area contributed by atoms with E-state index in [4.69, 9.17) is 6.42 Å². The van der Waals surface area contributed by atoms with Crippen LogP contribution in [0.1, 0.15) is 23.7 Å². The third-order valence-corrected chi connectivity index (χ3v) is 3.25. The molecule has 1 unspecified atom stereocenters. The molecule has 1 rings (SSSR count). The van der Waals surface area contributed by atoms with Crippen LogP contribution in [-0.2, 0) is 0 Å². The Balaban J connectivity index is 2.64. The first-order chi connectivity index (χ1) is 6.67. The summed E-state index contributed by atoms with van der Waals surface area (Å²) >= 11 is 4.78. The molecule has 1 atom stereocenters. The minimum atomic E-state index is -0.179. The van der Waals surface area contributed by atoms with Crippen molar-refractivity contribution in [3.05, 3.63) is 20.8 Å². The fourth-order valence-corrected chi connectivity index (χ4v) is 2.07. The predicted octanol–water partition coefficient (Wildman–Crippen LogP) is 2.65. The molecule has 0 aliphatic carbocycles. The number of carbonyl (C=O) groups is 1. The number of halogens is 1. The Kier molecular flexibility index (Phi) is 4.18. The number of hydrogen-bond donors (Lipinski definition) is 1. The van der Waals surface area contributed by atoms with Crippen LogP contribution in [0.15, 0.2) is 15.2 Å². The number of thiophene rings is 1. The van der Waals surface area contributed by atoms with E-state index >= 15 is 0 Å². The Morgan fingerprint density at radius 2 is 2.57 bits per heavy atom. The number of rotatable bonds is 3. The highest BCUT2D eigenvalue weighted by Crippen LogP contribution is 2.20. The largest absolute Gasteiger partial charge is 0.338 e. The standard InChI is InChI=1S/C10H10BrNOS/c1-3-8(4-2)12-10(13)7-5-9(11)14-6-7/h1,5-6,8H,4H2,2H3,(H,12,13). The van der Waals surface area contributed by atoms with Crippen LogP contribution in [0.4, 0.5) is 0 Å². The lowest BCUT2D eigenvalue weighted by molar-refractivity contribution is 0.0945. The Labute approximate surface area is 95.8 Å². The number of amides is 1. The second-order valence-corrected chi connectivity index (χ2v) is 5.03. The number of nitrogens with one attached hydrogen (secondary N) is 1. The predicted molar refractivity (Wildman–Crippen MR) is 62.4 cm³/mol. The second kappa shape index (κ2) is 5.18. The third-order valence-electron chi connectivity index (χ3n) is 1.74. The van der Waals surface area contributed by atoms with E-state index in [-0.39, 0.29) is 11.9 Å². The molecule has 1 aromatic rings. The van der Waals surface area contributed by atoms with Crippen molar-refractivity contribution in [2.75, 3.05) is 0 Å². The molecule has 0 aliphatic rings. The molecule has 4 heteroatoms. The monoisotopic (exact) mass is 271 g/mol. The third kappa shape index (κ3) is 2.86. The zero-order valence-electron chi connectivity index (χ0n) is 7.71. The highest BCUT2D eigenvalue weighted by molar-refractivity contribution is 9.11. The number of terminal acetylenes is 1. The van der Waals surface area contributed by atoms with E-state index in [1.165, 1.54) is 11.3 Å². The summed E-state index contributed by atoms with van der Waals surface area (Å²) in [6, 6.07) is 1.60. The Morgan fingerprint density at radius 3 is 3.00 bits per heavy atom. The van der Waals surface area contributed by atoms with Crippen molar-refractivity contribution in [1.82, 2.24) is 5.32 Å². The minimum Gasteiger partial charge on any atom is -0.338 e. The fourth-order valence-electron chi connectivity index (χ4n) is 0.932. The molecular formula is C10H10BrNOS. The van der Waals surface area contributed by atoms with Crippen LogP contribution >= 0.6 is 27.3 Å². The molecule has 1 heterocycles. The van der Waals surface area contributed by atoms with Gasteiger partial charge in [-0.3, -0.25) is 4.79 Å². The van der Waals surface area contributed by atoms with Gasteiger partial charge < -0.3 is 5.32 Å². The van der Waals surface area contributed by atoms with Crippen molar-refractivity contribution < 1.29 is 4.79 Å². The summed E-state index contributed by atoms with van der Waals surface area (Å²) < 4.78 is 0.941. The zero-order valence-corrected chi connectivity index (χ0v) is 10.1. The molecule has 0 spiro atoms. The fraction of sp³-hybridized carbons (Fsp3) is 0.300. The van der Waals surface area contributed by atoms with Gasteiger partial charge in [0, 0.05) is 5.38 Å². The molecular weight excluding hydrogens is 262 g/mol. The topological polar surface area (TPSA) is 29.1 Å². The van der Waals surface area contributed by atoms with Crippen molar-refractivity contribution in [3.8, 4) is 12.3 Å². The van der Waals surface area contributed by atoms with Gasteiger partial charge in [-0.2, -0.15) is 0 Å². The number of carbonyl (C=O) groups excluding carboxylic acids is 1. The lowest BCUT2D eigenvalue weighted by atomic mass is 10.2. The summed E-state index contributed by atoms with van der Waals surface area (Å²) in [4.78, 5) is 11.6. The molecule has 2 nitrogen and oxygen atoms in total. The maximum atomic E-state index is 11.6. The van der Waals surface area contributed by atoms with Crippen LogP contribution in [0.25, 0.3) is 0 Å². The first-order valence-corrected chi connectivity index (χ1v) is 5.85. The van der Waals surface area contributed by atoms with Crippen LogP contribution in [0.5, 0.6) is 0 Å². The molecule has 1 amide bonds. The lowest BCUT2D eigenvalue weighted by Gasteiger charge is -2.08. The van der Waals surface area contributed by atoms with Crippen LogP contribution < -0.4 is 5.32 Å². The lowest BCUT2D eigenvalue weighted by Crippen LogP contribution is -2.32. The van der Waals surface area contributed by atoms with E-state index in [9.17, 15) is 4.79 Å². The van der Waals surface area contributed by atoms with Gasteiger partial charge in [0.25, 0.3) is 5.91 Å². The first kappa shape index (κ1) is 11.3. The number of hydrogen-bond acceptors (Lipinski definition) is 2. The second-order valence-electron chi connectivity index (χ2n) is 2.74. The van der Waals surface area contributed by atoms with Crippen LogP contribution in [0, 0.1) is 12.3 Å². The molecule has 0 radical (unpaired) electrons. The molecule has 0 saturated heterocycles. The molecule has 1 aromatic heterocycles. The van der Waals surface area contributed by atoms with Gasteiger partial charge in [0.05, 0.1) is 15.4 Å². The average Bonchev–Trinajstić information content (AvgIpc) is 2.61. The van der Waals surface area contributed by atoms with Gasteiger partial charge in [-0.1, -0.05) is 12.8 Å². The molecule has 0 bridgehead atoms. The van der Waals surface area contributed by atoms with Crippen molar-refractivity contribution >= 4 is 33.2 Å². The molecule has 0 aliphatic heterocycles.